The van der Waals surface area contributed by atoms with Gasteiger partial charge in [-0.1, -0.05) is 31.4 Å². The fourth-order valence-corrected chi connectivity index (χ4v) is 2.68. The van der Waals surface area contributed by atoms with E-state index in [1.165, 1.54) is 31.2 Å². The van der Waals surface area contributed by atoms with E-state index in [9.17, 15) is 18.8 Å². The first-order valence-corrected chi connectivity index (χ1v) is 8.14. The number of hydrogen-bond donors (Lipinski definition) is 3. The second kappa shape index (κ2) is 8.42. The van der Waals surface area contributed by atoms with E-state index < -0.39 is 23.7 Å². The van der Waals surface area contributed by atoms with Crippen LogP contribution in [-0.2, 0) is 9.59 Å². The van der Waals surface area contributed by atoms with Crippen molar-refractivity contribution in [2.75, 3.05) is 0 Å². The van der Waals surface area contributed by atoms with Crippen LogP contribution in [0, 0.1) is 11.7 Å². The summed E-state index contributed by atoms with van der Waals surface area (Å²) in [5.41, 5.74) is 4.56. The predicted octanol–water partition coefficient (Wildman–Crippen LogP) is 1.67. The van der Waals surface area contributed by atoms with Crippen LogP contribution in [0.15, 0.2) is 24.3 Å². The van der Waals surface area contributed by atoms with Gasteiger partial charge in [0.25, 0.3) is 11.8 Å². The van der Waals surface area contributed by atoms with Gasteiger partial charge in [-0.2, -0.15) is 0 Å². The predicted molar refractivity (Wildman–Crippen MR) is 86.2 cm³/mol. The van der Waals surface area contributed by atoms with Crippen molar-refractivity contribution in [3.63, 3.8) is 0 Å². The summed E-state index contributed by atoms with van der Waals surface area (Å²) in [5.74, 6) is -2.20. The highest BCUT2D eigenvalue weighted by atomic mass is 19.1. The summed E-state index contributed by atoms with van der Waals surface area (Å²) in [6.07, 6.45) is 4.81. The lowest BCUT2D eigenvalue weighted by molar-refractivity contribution is -0.132. The van der Waals surface area contributed by atoms with Gasteiger partial charge in [-0.3, -0.25) is 25.2 Å². The molecule has 1 fully saturated rings. The van der Waals surface area contributed by atoms with E-state index >= 15 is 0 Å². The van der Waals surface area contributed by atoms with E-state index in [1.54, 1.807) is 0 Å². The second-order valence-corrected chi connectivity index (χ2v) is 5.99. The maximum atomic E-state index is 13.5. The Bertz CT molecular complexity index is 615. The molecule has 1 saturated carbocycles. The molecular weight excluding hydrogens is 313 g/mol. The Hall–Kier alpha value is -2.44. The minimum atomic E-state index is -0.913. The van der Waals surface area contributed by atoms with Gasteiger partial charge in [0.2, 0.25) is 5.91 Å². The van der Waals surface area contributed by atoms with Crippen LogP contribution in [-0.4, -0.2) is 23.8 Å². The lowest BCUT2D eigenvalue weighted by Crippen LogP contribution is -2.52. The van der Waals surface area contributed by atoms with E-state index in [2.05, 4.69) is 16.2 Å². The Kier molecular flexibility index (Phi) is 6.28. The molecule has 0 heterocycles. The van der Waals surface area contributed by atoms with Crippen LogP contribution in [0.4, 0.5) is 4.39 Å². The number of halogens is 1. The molecule has 0 bridgehead atoms. The van der Waals surface area contributed by atoms with Gasteiger partial charge >= 0.3 is 0 Å². The standard InChI is InChI=1S/C17H22FN3O3/c1-11(19-17(24)13-9-5-6-10-14(13)18)15(22)20-21-16(23)12-7-3-2-4-8-12/h5-6,9-12H,2-4,7-8H2,1H3,(H,19,24)(H,20,22)(H,21,23). The molecule has 0 aromatic heterocycles. The number of hydrazine groups is 1. The Morgan fingerprint density at radius 2 is 1.75 bits per heavy atom. The molecule has 1 atom stereocenters. The van der Waals surface area contributed by atoms with Crippen molar-refractivity contribution in [2.45, 2.75) is 45.1 Å². The molecule has 0 spiro atoms. The quantitative estimate of drug-likeness (QED) is 0.732. The third-order valence-electron chi connectivity index (χ3n) is 4.14. The van der Waals surface area contributed by atoms with Crippen molar-refractivity contribution < 1.29 is 18.8 Å². The van der Waals surface area contributed by atoms with Crippen LogP contribution in [0.2, 0.25) is 0 Å². The van der Waals surface area contributed by atoms with Gasteiger partial charge in [-0.05, 0) is 31.9 Å². The van der Waals surface area contributed by atoms with Gasteiger partial charge in [-0.25, -0.2) is 4.39 Å². The molecule has 3 N–H and O–H groups in total. The summed E-state index contributed by atoms with van der Waals surface area (Å²) < 4.78 is 13.5. The average molecular weight is 335 g/mol. The summed E-state index contributed by atoms with van der Waals surface area (Å²) in [4.78, 5) is 35.8. The molecule has 6 nitrogen and oxygen atoms in total. The van der Waals surface area contributed by atoms with Crippen LogP contribution >= 0.6 is 0 Å². The molecule has 1 aromatic carbocycles. The van der Waals surface area contributed by atoms with Crippen molar-refractivity contribution in [3.8, 4) is 0 Å². The summed E-state index contributed by atoms with van der Waals surface area (Å²) >= 11 is 0. The molecule has 7 heteroatoms. The number of hydrogen-bond acceptors (Lipinski definition) is 3. The van der Waals surface area contributed by atoms with Gasteiger partial charge in [-0.15, -0.1) is 0 Å². The maximum absolute atomic E-state index is 13.5. The highest BCUT2D eigenvalue weighted by Crippen LogP contribution is 2.23. The average Bonchev–Trinajstić information content (AvgIpc) is 2.60. The summed E-state index contributed by atoms with van der Waals surface area (Å²) in [6, 6.07) is 4.60. The molecule has 0 radical (unpaired) electrons. The van der Waals surface area contributed by atoms with E-state index in [0.717, 1.165) is 32.1 Å². The number of carbonyl (C=O) groups excluding carboxylic acids is 3. The first-order chi connectivity index (χ1) is 11.5. The second-order valence-electron chi connectivity index (χ2n) is 5.99. The molecule has 1 aromatic rings. The van der Waals surface area contributed by atoms with Gasteiger partial charge in [0.05, 0.1) is 5.56 Å². The van der Waals surface area contributed by atoms with Gasteiger partial charge < -0.3 is 5.32 Å². The molecule has 2 rings (SSSR count). The Morgan fingerprint density at radius 3 is 2.42 bits per heavy atom. The van der Waals surface area contributed by atoms with E-state index in [1.807, 2.05) is 0 Å². The fourth-order valence-electron chi connectivity index (χ4n) is 2.68. The molecule has 1 aliphatic rings. The minimum absolute atomic E-state index is 0.0811. The molecule has 3 amide bonds. The molecule has 0 aliphatic heterocycles. The minimum Gasteiger partial charge on any atom is -0.340 e. The van der Waals surface area contributed by atoms with Crippen LogP contribution in [0.3, 0.4) is 0 Å². The summed E-state index contributed by atoms with van der Waals surface area (Å²) in [6.45, 7) is 1.46. The van der Waals surface area contributed by atoms with Gasteiger partial charge in [0.15, 0.2) is 0 Å². The first kappa shape index (κ1) is 17.9. The largest absolute Gasteiger partial charge is 0.340 e. The Labute approximate surface area is 140 Å². The molecule has 0 saturated heterocycles. The summed E-state index contributed by atoms with van der Waals surface area (Å²) in [7, 11) is 0. The first-order valence-electron chi connectivity index (χ1n) is 8.14. The number of benzene rings is 1. The number of amides is 3. The zero-order valence-corrected chi connectivity index (χ0v) is 13.6. The lowest BCUT2D eigenvalue weighted by atomic mass is 9.89. The molecular formula is C17H22FN3O3. The van der Waals surface area contributed by atoms with Crippen molar-refractivity contribution >= 4 is 17.7 Å². The van der Waals surface area contributed by atoms with Crippen LogP contribution < -0.4 is 16.2 Å². The molecule has 1 aliphatic carbocycles. The smallest absolute Gasteiger partial charge is 0.260 e. The van der Waals surface area contributed by atoms with Crippen molar-refractivity contribution in [3.05, 3.63) is 35.6 Å². The SMILES string of the molecule is CC(NC(=O)c1ccccc1F)C(=O)NNC(=O)C1CCCCC1. The lowest BCUT2D eigenvalue weighted by Gasteiger charge is -2.21. The number of rotatable bonds is 4. The van der Waals surface area contributed by atoms with Crippen molar-refractivity contribution in [1.29, 1.82) is 0 Å². The molecule has 24 heavy (non-hydrogen) atoms. The van der Waals surface area contributed by atoms with E-state index in [0.29, 0.717) is 0 Å². The van der Waals surface area contributed by atoms with Crippen LogP contribution in [0.25, 0.3) is 0 Å². The third-order valence-corrected chi connectivity index (χ3v) is 4.14. The Balaban J connectivity index is 1.80. The number of nitrogens with one attached hydrogen (secondary N) is 3. The highest BCUT2D eigenvalue weighted by molar-refractivity contribution is 5.97. The maximum Gasteiger partial charge on any atom is 0.260 e. The number of carbonyl (C=O) groups is 3. The zero-order chi connectivity index (χ0) is 17.5. The van der Waals surface area contributed by atoms with Crippen LogP contribution in [0.1, 0.15) is 49.4 Å². The van der Waals surface area contributed by atoms with Crippen molar-refractivity contribution in [1.82, 2.24) is 16.2 Å². The van der Waals surface area contributed by atoms with E-state index in [4.69, 9.17) is 0 Å². The molecule has 1 unspecified atom stereocenters. The summed E-state index contributed by atoms with van der Waals surface area (Å²) in [5, 5.41) is 2.40. The topological polar surface area (TPSA) is 87.3 Å². The monoisotopic (exact) mass is 335 g/mol. The zero-order valence-electron chi connectivity index (χ0n) is 13.6. The van der Waals surface area contributed by atoms with Crippen LogP contribution in [0.5, 0.6) is 0 Å². The normalized spacial score (nSPS) is 16.1. The molecule has 130 valence electrons. The Morgan fingerprint density at radius 1 is 1.08 bits per heavy atom. The van der Waals surface area contributed by atoms with E-state index in [-0.39, 0.29) is 17.4 Å². The van der Waals surface area contributed by atoms with Crippen molar-refractivity contribution in [2.24, 2.45) is 5.92 Å². The third kappa shape index (κ3) is 4.78. The van der Waals surface area contributed by atoms with Gasteiger partial charge in [0, 0.05) is 5.92 Å². The highest BCUT2D eigenvalue weighted by Gasteiger charge is 2.23. The fraction of sp³-hybridized carbons (Fsp3) is 0.471. The van der Waals surface area contributed by atoms with Gasteiger partial charge in [0.1, 0.15) is 11.9 Å².